The fraction of sp³-hybridized carbons (Fsp3) is 0.375. The largest absolute Gasteiger partial charge is 0.481 e. The van der Waals surface area contributed by atoms with E-state index in [1.807, 2.05) is 13.8 Å². The predicted octanol–water partition coefficient (Wildman–Crippen LogP) is 2.08. The molecule has 2 aromatic rings. The summed E-state index contributed by atoms with van der Waals surface area (Å²) in [7, 11) is 1.48. The van der Waals surface area contributed by atoms with Crippen molar-refractivity contribution in [2.75, 3.05) is 13.6 Å². The molecule has 1 N–H and O–H groups in total. The fourth-order valence-corrected chi connectivity index (χ4v) is 2.12. The van der Waals surface area contributed by atoms with Gasteiger partial charge in [0.1, 0.15) is 17.3 Å². The van der Waals surface area contributed by atoms with Crippen molar-refractivity contribution < 1.29 is 19.1 Å². The number of hydrogen-bond donors (Lipinski definition) is 1. The van der Waals surface area contributed by atoms with Gasteiger partial charge in [-0.3, -0.25) is 9.59 Å². The first-order chi connectivity index (χ1) is 11.3. The summed E-state index contributed by atoms with van der Waals surface area (Å²) in [6, 6.07) is 6.10. The van der Waals surface area contributed by atoms with Gasteiger partial charge in [-0.05, 0) is 12.1 Å². The first-order valence-corrected chi connectivity index (χ1v) is 7.50. The van der Waals surface area contributed by atoms with Crippen molar-refractivity contribution >= 4 is 11.9 Å². The summed E-state index contributed by atoms with van der Waals surface area (Å²) >= 11 is 0. The maximum Gasteiger partial charge on any atom is 0.305 e. The van der Waals surface area contributed by atoms with Gasteiger partial charge in [-0.2, -0.15) is 0 Å². The molecule has 0 atom stereocenters. The van der Waals surface area contributed by atoms with Crippen molar-refractivity contribution in [2.24, 2.45) is 0 Å². The molecule has 0 aliphatic heterocycles. The Hall–Kier alpha value is -2.77. The number of aliphatic carboxylic acids is 1. The number of nitrogens with zero attached hydrogens (tertiary/aromatic N) is 4. The quantitative estimate of drug-likeness (QED) is 0.874. The first-order valence-electron chi connectivity index (χ1n) is 7.50. The van der Waals surface area contributed by atoms with Crippen molar-refractivity contribution in [2.45, 2.75) is 26.2 Å². The molecule has 1 aromatic carbocycles. The highest BCUT2D eigenvalue weighted by atomic mass is 19.1. The van der Waals surface area contributed by atoms with Crippen LogP contribution in [0.2, 0.25) is 0 Å². The van der Waals surface area contributed by atoms with Crippen LogP contribution < -0.4 is 0 Å². The molecule has 128 valence electrons. The Labute approximate surface area is 138 Å². The zero-order valence-corrected chi connectivity index (χ0v) is 13.7. The highest BCUT2D eigenvalue weighted by Crippen LogP contribution is 2.20. The van der Waals surface area contributed by atoms with E-state index in [0.29, 0.717) is 5.82 Å². The number of para-hydroxylation sites is 1. The highest BCUT2D eigenvalue weighted by molar-refractivity contribution is 5.90. The summed E-state index contributed by atoms with van der Waals surface area (Å²) in [5, 5.41) is 12.8. The Morgan fingerprint density at radius 3 is 2.58 bits per heavy atom. The Morgan fingerprint density at radius 1 is 1.33 bits per heavy atom. The molecule has 0 spiro atoms. The Bertz CT molecular complexity index is 758. The number of amides is 1. The van der Waals surface area contributed by atoms with E-state index in [1.54, 1.807) is 18.2 Å². The number of halogens is 1. The average Bonchev–Trinajstić information content (AvgIpc) is 2.97. The second-order valence-electron chi connectivity index (χ2n) is 5.68. The lowest BCUT2D eigenvalue weighted by molar-refractivity contribution is -0.137. The number of carboxylic acids is 1. The lowest BCUT2D eigenvalue weighted by Crippen LogP contribution is -2.30. The number of carbonyl (C=O) groups excluding carboxylic acids is 1. The molecular weight excluding hydrogens is 315 g/mol. The summed E-state index contributed by atoms with van der Waals surface area (Å²) in [6.45, 7) is 3.77. The molecule has 0 saturated carbocycles. The molecule has 0 radical (unpaired) electrons. The number of benzene rings is 1. The summed E-state index contributed by atoms with van der Waals surface area (Å²) in [4.78, 5) is 28.4. The van der Waals surface area contributed by atoms with Crippen molar-refractivity contribution in [1.82, 2.24) is 19.7 Å². The maximum atomic E-state index is 14.0. The predicted molar refractivity (Wildman–Crippen MR) is 84.6 cm³/mol. The molecule has 1 aromatic heterocycles. The number of aromatic nitrogens is 3. The van der Waals surface area contributed by atoms with Crippen LogP contribution in [-0.4, -0.2) is 50.2 Å². The summed E-state index contributed by atoms with van der Waals surface area (Å²) in [6.07, 6.45) is -0.173. The Kier molecular flexibility index (Phi) is 5.28. The van der Waals surface area contributed by atoms with Gasteiger partial charge >= 0.3 is 5.97 Å². The highest BCUT2D eigenvalue weighted by Gasteiger charge is 2.23. The van der Waals surface area contributed by atoms with Crippen molar-refractivity contribution in [3.8, 4) is 5.69 Å². The van der Waals surface area contributed by atoms with Crippen molar-refractivity contribution in [3.63, 3.8) is 0 Å². The van der Waals surface area contributed by atoms with E-state index < -0.39 is 17.7 Å². The van der Waals surface area contributed by atoms with Crippen molar-refractivity contribution in [1.29, 1.82) is 0 Å². The lowest BCUT2D eigenvalue weighted by atomic mass is 10.2. The molecule has 0 bridgehead atoms. The molecule has 0 unspecified atom stereocenters. The lowest BCUT2D eigenvalue weighted by Gasteiger charge is -2.13. The maximum absolute atomic E-state index is 14.0. The molecule has 0 aliphatic rings. The monoisotopic (exact) mass is 334 g/mol. The zero-order chi connectivity index (χ0) is 17.9. The first kappa shape index (κ1) is 17.6. The molecule has 0 aliphatic carbocycles. The molecule has 7 nitrogen and oxygen atoms in total. The van der Waals surface area contributed by atoms with Crippen LogP contribution >= 0.6 is 0 Å². The van der Waals surface area contributed by atoms with Gasteiger partial charge in [0.25, 0.3) is 5.91 Å². The van der Waals surface area contributed by atoms with E-state index in [-0.39, 0.29) is 30.4 Å². The molecule has 1 heterocycles. The average molecular weight is 334 g/mol. The molecule has 0 saturated heterocycles. The van der Waals surface area contributed by atoms with Gasteiger partial charge < -0.3 is 10.0 Å². The van der Waals surface area contributed by atoms with Crippen LogP contribution in [0.1, 0.15) is 42.6 Å². The second kappa shape index (κ2) is 7.20. The number of hydrogen-bond acceptors (Lipinski definition) is 4. The van der Waals surface area contributed by atoms with Crippen LogP contribution in [0.25, 0.3) is 5.69 Å². The van der Waals surface area contributed by atoms with Gasteiger partial charge in [0.2, 0.25) is 5.82 Å². The molecule has 8 heteroatoms. The number of rotatable bonds is 6. The number of carbonyl (C=O) groups is 2. The van der Waals surface area contributed by atoms with E-state index in [1.165, 1.54) is 22.7 Å². The van der Waals surface area contributed by atoms with E-state index >= 15 is 0 Å². The van der Waals surface area contributed by atoms with E-state index in [4.69, 9.17) is 5.11 Å². The van der Waals surface area contributed by atoms with E-state index in [0.717, 1.165) is 0 Å². The topological polar surface area (TPSA) is 88.3 Å². The van der Waals surface area contributed by atoms with Crippen molar-refractivity contribution in [3.05, 3.63) is 41.7 Å². The molecular formula is C16H19FN4O3. The van der Waals surface area contributed by atoms with E-state index in [2.05, 4.69) is 10.1 Å². The molecule has 2 rings (SSSR count). The van der Waals surface area contributed by atoms with Crippen LogP contribution in [0.5, 0.6) is 0 Å². The Balaban J connectivity index is 2.37. The minimum atomic E-state index is -0.998. The van der Waals surface area contributed by atoms with E-state index in [9.17, 15) is 14.0 Å². The SMILES string of the molecule is CC(C)c1nc(C(=O)N(C)CCC(=O)O)nn1-c1ccccc1F. The molecule has 0 fully saturated rings. The minimum absolute atomic E-state index is 0.0411. The molecule has 24 heavy (non-hydrogen) atoms. The van der Waals surface area contributed by atoms with Crippen LogP contribution in [-0.2, 0) is 4.79 Å². The Morgan fingerprint density at radius 2 is 2.00 bits per heavy atom. The van der Waals surface area contributed by atoms with Crippen LogP contribution in [0, 0.1) is 5.82 Å². The van der Waals surface area contributed by atoms with Crippen LogP contribution in [0.4, 0.5) is 4.39 Å². The van der Waals surface area contributed by atoms with Gasteiger partial charge in [0, 0.05) is 19.5 Å². The minimum Gasteiger partial charge on any atom is -0.481 e. The van der Waals surface area contributed by atoms with Gasteiger partial charge in [0.05, 0.1) is 6.42 Å². The normalized spacial score (nSPS) is 10.9. The summed E-state index contributed by atoms with van der Waals surface area (Å²) < 4.78 is 15.4. The van der Waals surface area contributed by atoms with Gasteiger partial charge in [-0.1, -0.05) is 26.0 Å². The van der Waals surface area contributed by atoms with Gasteiger partial charge in [0.15, 0.2) is 0 Å². The summed E-state index contributed by atoms with van der Waals surface area (Å²) in [5.74, 6) is -1.69. The fourth-order valence-electron chi connectivity index (χ4n) is 2.12. The standard InChI is InChI=1S/C16H19FN4O3/c1-10(2)15-18-14(16(24)20(3)9-8-13(22)23)19-21(15)12-7-5-4-6-11(12)17/h4-7,10H,8-9H2,1-3H3,(H,22,23). The zero-order valence-electron chi connectivity index (χ0n) is 13.7. The summed E-state index contributed by atoms with van der Waals surface area (Å²) in [5.41, 5.74) is 0.209. The van der Waals surface area contributed by atoms with Gasteiger partial charge in [-0.25, -0.2) is 14.1 Å². The third-order valence-electron chi connectivity index (χ3n) is 3.43. The van der Waals surface area contributed by atoms with Gasteiger partial charge in [-0.15, -0.1) is 5.10 Å². The number of carboxylic acid groups (broad SMARTS) is 1. The smallest absolute Gasteiger partial charge is 0.305 e. The van der Waals surface area contributed by atoms with Crippen LogP contribution in [0.3, 0.4) is 0 Å². The third-order valence-corrected chi connectivity index (χ3v) is 3.43. The second-order valence-corrected chi connectivity index (χ2v) is 5.68. The van der Waals surface area contributed by atoms with Crippen LogP contribution in [0.15, 0.2) is 24.3 Å². The molecule has 1 amide bonds. The third kappa shape index (κ3) is 3.76.